The topological polar surface area (TPSA) is 36.9 Å². The Balaban J connectivity index is 2.26. The summed E-state index contributed by atoms with van der Waals surface area (Å²) >= 11 is 1.66. The van der Waals surface area contributed by atoms with Crippen LogP contribution in [0.25, 0.3) is 0 Å². The van der Waals surface area contributed by atoms with Crippen molar-refractivity contribution in [2.24, 2.45) is 0 Å². The van der Waals surface area contributed by atoms with Gasteiger partial charge in [0.15, 0.2) is 0 Å². The Morgan fingerprint density at radius 1 is 0.483 bits per heavy atom. The number of hydrogen-bond acceptors (Lipinski definition) is 5. The zero-order valence-electron chi connectivity index (χ0n) is 18.2. The second-order valence-corrected chi connectivity index (χ2v) is 7.92. The summed E-state index contributed by atoms with van der Waals surface area (Å²) in [6, 6.07) is 12.2. The molecule has 2 aromatic carbocycles. The van der Waals surface area contributed by atoms with Gasteiger partial charge in [-0.15, -0.1) is 0 Å². The monoisotopic (exact) mass is 418 g/mol. The Hall–Kier alpha value is -2.01. The highest BCUT2D eigenvalue weighted by Gasteiger charge is 2.09. The van der Waals surface area contributed by atoms with Gasteiger partial charge in [0.1, 0.15) is 23.0 Å². The average Bonchev–Trinajstić information content (AvgIpc) is 2.73. The summed E-state index contributed by atoms with van der Waals surface area (Å²) in [5.74, 6) is 3.35. The van der Waals surface area contributed by atoms with Crippen LogP contribution in [0.4, 0.5) is 0 Å². The van der Waals surface area contributed by atoms with E-state index in [1.165, 1.54) is 0 Å². The first kappa shape index (κ1) is 23.3. The van der Waals surface area contributed by atoms with Gasteiger partial charge in [0.2, 0.25) is 0 Å². The van der Waals surface area contributed by atoms with Crippen LogP contribution in [0, 0.1) is 0 Å². The summed E-state index contributed by atoms with van der Waals surface area (Å²) in [5, 5.41) is 0. The van der Waals surface area contributed by atoms with E-state index in [1.807, 2.05) is 12.1 Å². The molecular weight excluding hydrogens is 384 g/mol. The van der Waals surface area contributed by atoms with Crippen LogP contribution in [0.1, 0.15) is 53.4 Å². The summed E-state index contributed by atoms with van der Waals surface area (Å²) in [7, 11) is 0. The molecule has 0 spiro atoms. The van der Waals surface area contributed by atoms with Crippen LogP contribution < -0.4 is 18.9 Å². The molecule has 0 unspecified atom stereocenters. The van der Waals surface area contributed by atoms with Gasteiger partial charge in [-0.2, -0.15) is 0 Å². The molecule has 4 nitrogen and oxygen atoms in total. The van der Waals surface area contributed by atoms with Crippen LogP contribution in [0.15, 0.2) is 46.2 Å². The van der Waals surface area contributed by atoms with Crippen LogP contribution in [-0.2, 0) is 0 Å². The highest BCUT2D eigenvalue weighted by atomic mass is 32.2. The Morgan fingerprint density at radius 2 is 0.759 bits per heavy atom. The largest absolute Gasteiger partial charge is 0.493 e. The lowest BCUT2D eigenvalue weighted by molar-refractivity contribution is 0.300. The van der Waals surface area contributed by atoms with Gasteiger partial charge in [0, 0.05) is 21.9 Å². The summed E-state index contributed by atoms with van der Waals surface area (Å²) in [4.78, 5) is 2.14. The van der Waals surface area contributed by atoms with Crippen molar-refractivity contribution in [3.63, 3.8) is 0 Å². The normalized spacial score (nSPS) is 10.6. The Bertz CT molecular complexity index is 619. The van der Waals surface area contributed by atoms with E-state index in [0.29, 0.717) is 26.4 Å². The summed E-state index contributed by atoms with van der Waals surface area (Å²) in [6.45, 7) is 11.2. The molecule has 29 heavy (non-hydrogen) atoms. The van der Waals surface area contributed by atoms with E-state index in [2.05, 4.69) is 52.0 Å². The fourth-order valence-corrected chi connectivity index (χ4v) is 3.53. The highest BCUT2D eigenvalue weighted by Crippen LogP contribution is 2.37. The second-order valence-electron chi connectivity index (χ2n) is 6.78. The van der Waals surface area contributed by atoms with Crippen molar-refractivity contribution in [3.8, 4) is 23.0 Å². The maximum Gasteiger partial charge on any atom is 0.124 e. The molecule has 0 aliphatic carbocycles. The Morgan fingerprint density at radius 3 is 1.00 bits per heavy atom. The predicted molar refractivity (Wildman–Crippen MR) is 120 cm³/mol. The van der Waals surface area contributed by atoms with Crippen molar-refractivity contribution in [2.75, 3.05) is 26.4 Å². The molecule has 0 heterocycles. The number of benzene rings is 2. The van der Waals surface area contributed by atoms with Crippen LogP contribution in [-0.4, -0.2) is 26.4 Å². The van der Waals surface area contributed by atoms with Crippen molar-refractivity contribution in [2.45, 2.75) is 63.2 Å². The lowest BCUT2D eigenvalue weighted by Gasteiger charge is -2.14. The zero-order valence-corrected chi connectivity index (χ0v) is 19.0. The van der Waals surface area contributed by atoms with Crippen molar-refractivity contribution < 1.29 is 18.9 Å². The minimum absolute atomic E-state index is 0.691. The fourth-order valence-electron chi connectivity index (χ4n) is 2.56. The molecule has 0 aliphatic heterocycles. The molecule has 160 valence electrons. The van der Waals surface area contributed by atoms with Crippen LogP contribution in [0.5, 0.6) is 23.0 Å². The molecule has 5 heteroatoms. The number of rotatable bonds is 14. The van der Waals surface area contributed by atoms with Crippen LogP contribution in [0.3, 0.4) is 0 Å². The second kappa shape index (κ2) is 13.3. The predicted octanol–water partition coefficient (Wildman–Crippen LogP) is 6.99. The first-order valence-corrected chi connectivity index (χ1v) is 11.5. The summed E-state index contributed by atoms with van der Waals surface area (Å²) < 4.78 is 23.5. The maximum atomic E-state index is 5.87. The van der Waals surface area contributed by atoms with Crippen molar-refractivity contribution in [3.05, 3.63) is 36.4 Å². The van der Waals surface area contributed by atoms with E-state index in [9.17, 15) is 0 Å². The molecule has 0 N–H and O–H groups in total. The summed E-state index contributed by atoms with van der Waals surface area (Å²) in [6.07, 6.45) is 3.88. The third-order valence-electron chi connectivity index (χ3n) is 3.83. The number of ether oxygens (including phenoxy) is 4. The molecule has 2 aromatic rings. The lowest BCUT2D eigenvalue weighted by Crippen LogP contribution is -1.99. The van der Waals surface area contributed by atoms with Crippen LogP contribution >= 0.6 is 11.8 Å². The van der Waals surface area contributed by atoms with Gasteiger partial charge in [0.25, 0.3) is 0 Å². The van der Waals surface area contributed by atoms with Gasteiger partial charge >= 0.3 is 0 Å². The standard InChI is InChI=1S/C24H34O4S/c1-5-9-25-19-13-20(26-10-6-2)16-23(15-19)29-24-17-21(27-11-7-3)14-22(18-24)28-12-8-4/h13-18H,5-12H2,1-4H3. The fraction of sp³-hybridized carbons (Fsp3) is 0.500. The van der Waals surface area contributed by atoms with Gasteiger partial charge < -0.3 is 18.9 Å². The molecule has 2 rings (SSSR count). The molecule has 0 saturated heterocycles. The van der Waals surface area contributed by atoms with Gasteiger partial charge in [-0.3, -0.25) is 0 Å². The van der Waals surface area contributed by atoms with Crippen LogP contribution in [0.2, 0.25) is 0 Å². The molecule has 0 amide bonds. The van der Waals surface area contributed by atoms with Crippen molar-refractivity contribution >= 4 is 11.8 Å². The van der Waals surface area contributed by atoms with E-state index in [4.69, 9.17) is 18.9 Å². The first-order chi connectivity index (χ1) is 14.2. The van der Waals surface area contributed by atoms with Gasteiger partial charge in [-0.25, -0.2) is 0 Å². The lowest BCUT2D eigenvalue weighted by atomic mass is 10.3. The van der Waals surface area contributed by atoms with Gasteiger partial charge in [-0.1, -0.05) is 39.5 Å². The van der Waals surface area contributed by atoms with E-state index in [0.717, 1.165) is 58.5 Å². The zero-order chi connectivity index (χ0) is 20.9. The van der Waals surface area contributed by atoms with E-state index in [-0.39, 0.29) is 0 Å². The molecule has 0 aliphatic rings. The van der Waals surface area contributed by atoms with E-state index < -0.39 is 0 Å². The smallest absolute Gasteiger partial charge is 0.124 e. The minimum Gasteiger partial charge on any atom is -0.493 e. The first-order valence-electron chi connectivity index (χ1n) is 10.7. The third-order valence-corrected chi connectivity index (χ3v) is 4.78. The highest BCUT2D eigenvalue weighted by molar-refractivity contribution is 7.99. The van der Waals surface area contributed by atoms with E-state index >= 15 is 0 Å². The van der Waals surface area contributed by atoms with Gasteiger partial charge in [0.05, 0.1) is 26.4 Å². The maximum absolute atomic E-state index is 5.87. The number of hydrogen-bond donors (Lipinski definition) is 0. The quantitative estimate of drug-likeness (QED) is 0.330. The molecule has 0 bridgehead atoms. The SMILES string of the molecule is CCCOc1cc(OCCC)cc(Sc2cc(OCCC)cc(OCCC)c2)c1. The molecule has 0 atom stereocenters. The minimum atomic E-state index is 0.691. The summed E-state index contributed by atoms with van der Waals surface area (Å²) in [5.41, 5.74) is 0. The Labute approximate surface area is 179 Å². The van der Waals surface area contributed by atoms with Crippen molar-refractivity contribution in [1.29, 1.82) is 0 Å². The average molecular weight is 419 g/mol. The van der Waals surface area contributed by atoms with Crippen molar-refractivity contribution in [1.82, 2.24) is 0 Å². The Kier molecular flexibility index (Phi) is 10.6. The molecule has 0 aromatic heterocycles. The molecule has 0 saturated carbocycles. The molecular formula is C24H34O4S. The van der Waals surface area contributed by atoms with E-state index in [1.54, 1.807) is 11.8 Å². The molecule has 0 fully saturated rings. The molecule has 0 radical (unpaired) electrons. The third kappa shape index (κ3) is 8.48. The van der Waals surface area contributed by atoms with Gasteiger partial charge in [-0.05, 0) is 49.9 Å².